The number of anilines is 1. The first kappa shape index (κ1) is 23.2. The van der Waals surface area contributed by atoms with Crippen molar-refractivity contribution in [2.24, 2.45) is 0 Å². The third-order valence-electron chi connectivity index (χ3n) is 7.67. The minimum absolute atomic E-state index is 0.0717. The zero-order chi connectivity index (χ0) is 25.5. The number of nitrogens with one attached hydrogen (secondary N) is 1. The molecule has 0 saturated carbocycles. The van der Waals surface area contributed by atoms with Gasteiger partial charge in [0, 0.05) is 55.5 Å². The number of aromatic nitrogens is 5. The number of piperazine rings is 1. The largest absolute Gasteiger partial charge is 0.454 e. The highest BCUT2D eigenvalue weighted by Crippen LogP contribution is 2.36. The number of aromatic amines is 1. The van der Waals surface area contributed by atoms with E-state index in [4.69, 9.17) is 14.2 Å². The van der Waals surface area contributed by atoms with Gasteiger partial charge in [-0.1, -0.05) is 18.2 Å². The average Bonchev–Trinajstić information content (AvgIpc) is 3.72. The van der Waals surface area contributed by atoms with Crippen LogP contribution in [0.2, 0.25) is 0 Å². The third kappa shape index (κ3) is 4.27. The third-order valence-corrected chi connectivity index (χ3v) is 7.67. The lowest BCUT2D eigenvalue weighted by atomic mass is 10.0. The molecule has 3 aliphatic rings. The molecular weight excluding hydrogens is 486 g/mol. The van der Waals surface area contributed by atoms with Gasteiger partial charge >= 0.3 is 0 Å². The summed E-state index contributed by atoms with van der Waals surface area (Å²) in [6, 6.07) is 15.7. The summed E-state index contributed by atoms with van der Waals surface area (Å²) in [4.78, 5) is 21.3. The van der Waals surface area contributed by atoms with E-state index in [1.807, 2.05) is 28.9 Å². The summed E-state index contributed by atoms with van der Waals surface area (Å²) in [5.74, 6) is 1.96. The number of hydrogen-bond donors (Lipinski definition) is 1. The van der Waals surface area contributed by atoms with Crippen LogP contribution in [0.3, 0.4) is 0 Å². The summed E-state index contributed by atoms with van der Waals surface area (Å²) >= 11 is 0. The van der Waals surface area contributed by atoms with Crippen LogP contribution in [0.25, 0.3) is 10.9 Å². The Kier molecular flexibility index (Phi) is 5.94. The molecule has 11 heteroatoms. The van der Waals surface area contributed by atoms with Gasteiger partial charge in [0.25, 0.3) is 5.56 Å². The second kappa shape index (κ2) is 9.73. The van der Waals surface area contributed by atoms with Crippen molar-refractivity contribution in [3.63, 3.8) is 0 Å². The Morgan fingerprint density at radius 3 is 2.63 bits per heavy atom. The molecule has 2 saturated heterocycles. The van der Waals surface area contributed by atoms with Gasteiger partial charge in [-0.2, -0.15) is 0 Å². The van der Waals surface area contributed by atoms with E-state index in [0.717, 1.165) is 51.0 Å². The molecule has 11 nitrogen and oxygen atoms in total. The van der Waals surface area contributed by atoms with E-state index >= 15 is 0 Å². The molecule has 2 aromatic heterocycles. The number of tetrazole rings is 1. The summed E-state index contributed by atoms with van der Waals surface area (Å²) in [5.41, 5.74) is 2.34. The molecule has 5 heterocycles. The number of H-pyrrole nitrogens is 1. The van der Waals surface area contributed by atoms with Crippen LogP contribution in [0.5, 0.6) is 11.5 Å². The van der Waals surface area contributed by atoms with E-state index in [9.17, 15) is 4.79 Å². The van der Waals surface area contributed by atoms with Gasteiger partial charge in [0.15, 0.2) is 17.3 Å². The summed E-state index contributed by atoms with van der Waals surface area (Å²) in [6.07, 6.45) is 2.08. The van der Waals surface area contributed by atoms with Crippen LogP contribution in [0.4, 0.5) is 5.69 Å². The molecule has 0 radical (unpaired) electrons. The normalized spacial score (nSPS) is 20.3. The quantitative estimate of drug-likeness (QED) is 0.414. The Morgan fingerprint density at radius 1 is 1.03 bits per heavy atom. The molecule has 2 atom stereocenters. The Balaban J connectivity index is 1.27. The molecular formula is C27H29N7O4. The molecule has 4 aromatic rings. The van der Waals surface area contributed by atoms with E-state index in [1.165, 1.54) is 5.69 Å². The van der Waals surface area contributed by atoms with Gasteiger partial charge in [0.1, 0.15) is 6.04 Å². The maximum atomic E-state index is 13.6. The summed E-state index contributed by atoms with van der Waals surface area (Å²) in [7, 11) is 0. The van der Waals surface area contributed by atoms with Gasteiger partial charge in [0.2, 0.25) is 6.79 Å². The molecule has 38 heavy (non-hydrogen) atoms. The van der Waals surface area contributed by atoms with Crippen molar-refractivity contribution < 1.29 is 14.2 Å². The minimum atomic E-state index is -0.414. The smallest absolute Gasteiger partial charge is 0.253 e. The zero-order valence-electron chi connectivity index (χ0n) is 21.0. The highest BCUT2D eigenvalue weighted by atomic mass is 16.7. The van der Waals surface area contributed by atoms with E-state index in [0.29, 0.717) is 34.9 Å². The van der Waals surface area contributed by atoms with Crippen molar-refractivity contribution in [1.29, 1.82) is 0 Å². The van der Waals surface area contributed by atoms with E-state index < -0.39 is 6.04 Å². The first-order valence-electron chi connectivity index (χ1n) is 13.1. The molecule has 0 aliphatic carbocycles. The number of ether oxygens (including phenoxy) is 3. The van der Waals surface area contributed by atoms with Crippen LogP contribution in [0.15, 0.2) is 53.3 Å². The van der Waals surface area contributed by atoms with Crippen molar-refractivity contribution in [2.75, 3.05) is 44.5 Å². The summed E-state index contributed by atoms with van der Waals surface area (Å²) in [5, 5.41) is 13.7. The molecule has 0 bridgehead atoms. The Bertz CT molecular complexity index is 1490. The fourth-order valence-electron chi connectivity index (χ4n) is 5.71. The van der Waals surface area contributed by atoms with E-state index in [-0.39, 0.29) is 18.5 Å². The Labute approximate surface area is 218 Å². The topological polar surface area (TPSA) is 111 Å². The van der Waals surface area contributed by atoms with Gasteiger partial charge < -0.3 is 24.1 Å². The number of pyridine rings is 1. The molecule has 7 rings (SSSR count). The number of nitrogens with zero attached hydrogens (tertiary/aromatic N) is 6. The van der Waals surface area contributed by atoms with E-state index in [2.05, 4.69) is 54.6 Å². The lowest BCUT2D eigenvalue weighted by molar-refractivity contribution is 0.0906. The lowest BCUT2D eigenvalue weighted by Crippen LogP contribution is -2.49. The van der Waals surface area contributed by atoms with Crippen LogP contribution in [0, 0.1) is 0 Å². The molecule has 0 unspecified atom stereocenters. The fraction of sp³-hybridized carbons (Fsp3) is 0.407. The Hall–Kier alpha value is -3.96. The van der Waals surface area contributed by atoms with Crippen molar-refractivity contribution in [1.82, 2.24) is 30.1 Å². The molecule has 196 valence electrons. The first-order chi connectivity index (χ1) is 18.7. The minimum Gasteiger partial charge on any atom is -0.454 e. The summed E-state index contributed by atoms with van der Waals surface area (Å²) in [6.45, 7) is 4.67. The fourth-order valence-corrected chi connectivity index (χ4v) is 5.71. The predicted molar refractivity (Wildman–Crippen MR) is 140 cm³/mol. The van der Waals surface area contributed by atoms with E-state index in [1.54, 1.807) is 0 Å². The first-order valence-corrected chi connectivity index (χ1v) is 13.1. The molecule has 2 fully saturated rings. The van der Waals surface area contributed by atoms with Crippen molar-refractivity contribution in [3.8, 4) is 11.5 Å². The number of para-hydroxylation sites is 1. The number of benzene rings is 2. The molecule has 2 aromatic carbocycles. The monoisotopic (exact) mass is 515 g/mol. The lowest BCUT2D eigenvalue weighted by Gasteiger charge is -2.39. The standard InChI is InChI=1S/C27H29N7O4/c35-27-21(13-18-14-23-24(38-17-37-23)15-22(18)28-27)25(26-29-30-31-34(26)16-20-7-4-12-36-20)33-10-8-32(9-11-33)19-5-2-1-3-6-19/h1-3,5-6,13-15,20,25H,4,7-12,16-17H2,(H,28,35)/t20-,25-/m1/s1. The molecule has 0 spiro atoms. The number of rotatable bonds is 6. The number of fused-ring (bicyclic) bond motifs is 2. The molecule has 1 N–H and O–H groups in total. The van der Waals surface area contributed by atoms with Crippen molar-refractivity contribution >= 4 is 16.6 Å². The van der Waals surface area contributed by atoms with Crippen molar-refractivity contribution in [2.45, 2.75) is 31.5 Å². The highest BCUT2D eigenvalue weighted by Gasteiger charge is 2.34. The van der Waals surface area contributed by atoms with Crippen LogP contribution < -0.4 is 19.9 Å². The van der Waals surface area contributed by atoms with Crippen molar-refractivity contribution in [3.05, 3.63) is 70.3 Å². The zero-order valence-corrected chi connectivity index (χ0v) is 21.0. The van der Waals surface area contributed by atoms with Crippen LogP contribution >= 0.6 is 0 Å². The van der Waals surface area contributed by atoms with Gasteiger partial charge in [-0.3, -0.25) is 9.69 Å². The molecule has 3 aliphatic heterocycles. The average molecular weight is 516 g/mol. The van der Waals surface area contributed by atoms with Gasteiger partial charge in [0.05, 0.1) is 18.2 Å². The Morgan fingerprint density at radius 2 is 1.84 bits per heavy atom. The SMILES string of the molecule is O=c1[nH]c2cc3c(cc2cc1[C@H](c1nnnn1C[C@H]1CCCO1)N1CCN(c2ccccc2)CC1)OCO3. The maximum Gasteiger partial charge on any atom is 0.253 e. The van der Waals surface area contributed by atoms with Crippen LogP contribution in [0.1, 0.15) is 30.3 Å². The van der Waals surface area contributed by atoms with Gasteiger partial charge in [-0.15, -0.1) is 5.10 Å². The van der Waals surface area contributed by atoms with Crippen LogP contribution in [-0.4, -0.2) is 75.8 Å². The van der Waals surface area contributed by atoms with Crippen LogP contribution in [-0.2, 0) is 11.3 Å². The van der Waals surface area contributed by atoms with Gasteiger partial charge in [-0.25, -0.2) is 4.68 Å². The number of hydrogen-bond acceptors (Lipinski definition) is 9. The highest BCUT2D eigenvalue weighted by molar-refractivity contribution is 5.83. The second-order valence-corrected chi connectivity index (χ2v) is 9.96. The maximum absolute atomic E-state index is 13.6. The summed E-state index contributed by atoms with van der Waals surface area (Å²) < 4.78 is 18.8. The van der Waals surface area contributed by atoms with Gasteiger partial charge in [-0.05, 0) is 47.5 Å². The molecule has 0 amide bonds. The second-order valence-electron chi connectivity index (χ2n) is 9.96. The predicted octanol–water partition coefficient (Wildman–Crippen LogP) is 2.33.